The summed E-state index contributed by atoms with van der Waals surface area (Å²) >= 11 is 0. The molecule has 1 atom stereocenters. The van der Waals surface area contributed by atoms with Crippen LogP contribution in [0.2, 0.25) is 0 Å². The van der Waals surface area contributed by atoms with Crippen molar-refractivity contribution in [1.29, 1.82) is 0 Å². The van der Waals surface area contributed by atoms with Gasteiger partial charge in [-0.15, -0.1) is 0 Å². The highest BCUT2D eigenvalue weighted by molar-refractivity contribution is 5.84. The lowest BCUT2D eigenvalue weighted by Gasteiger charge is -2.29. The summed E-state index contributed by atoms with van der Waals surface area (Å²) < 4.78 is 24.6. The second kappa shape index (κ2) is 14.7. The van der Waals surface area contributed by atoms with E-state index in [0.29, 0.717) is 31.9 Å². The molecule has 2 amide bonds. The van der Waals surface area contributed by atoms with Gasteiger partial charge in [-0.3, -0.25) is 9.59 Å². The van der Waals surface area contributed by atoms with Crippen LogP contribution in [0.4, 0.5) is 4.39 Å². The molecule has 0 unspecified atom stereocenters. The zero-order valence-corrected chi connectivity index (χ0v) is 20.9. The van der Waals surface area contributed by atoms with Crippen molar-refractivity contribution in [3.63, 3.8) is 0 Å². The lowest BCUT2D eigenvalue weighted by Crippen LogP contribution is -2.45. The predicted octanol–water partition coefficient (Wildman–Crippen LogP) is 5.71. The Morgan fingerprint density at radius 3 is 2.43 bits per heavy atom. The molecule has 1 aromatic heterocycles. The fourth-order valence-electron chi connectivity index (χ4n) is 4.40. The number of ether oxygens (including phenoxy) is 1. The van der Waals surface area contributed by atoms with Crippen LogP contribution in [0.15, 0.2) is 47.1 Å². The fraction of sp³-hybridized carbons (Fsp3) is 0.571. The average Bonchev–Trinajstić information content (AvgIpc) is 3.56. The first-order chi connectivity index (χ1) is 17.0. The number of unbranched alkanes of at least 4 members (excludes halogenated alkanes) is 5. The maximum absolute atomic E-state index is 13.5. The Labute approximate surface area is 208 Å². The van der Waals surface area contributed by atoms with E-state index < -0.39 is 0 Å². The summed E-state index contributed by atoms with van der Waals surface area (Å²) in [5.74, 6) is 0.175. The zero-order chi connectivity index (χ0) is 24.9. The number of rotatable bonds is 15. The fourth-order valence-corrected chi connectivity index (χ4v) is 4.40. The second-order valence-corrected chi connectivity index (χ2v) is 9.38. The van der Waals surface area contributed by atoms with Crippen molar-refractivity contribution in [3.05, 3.63) is 59.8 Å². The smallest absolute Gasteiger partial charge is 0.242 e. The van der Waals surface area contributed by atoms with Gasteiger partial charge in [0.2, 0.25) is 11.8 Å². The number of nitrogens with zero attached hydrogens (tertiary/aromatic N) is 2. The molecule has 192 valence electrons. The number of halogens is 1. The topological polar surface area (TPSA) is 63.0 Å². The van der Waals surface area contributed by atoms with E-state index in [-0.39, 0.29) is 36.8 Å². The molecule has 1 aliphatic rings. The molecule has 0 spiro atoms. The SMILES string of the molecule is CCCCCCCCC(=O)N(CC(=O)N(Cc1ccc(F)cc1)Cc1ccco1)C[C@H]1CCCO1. The van der Waals surface area contributed by atoms with Crippen LogP contribution >= 0.6 is 0 Å². The number of amides is 2. The molecule has 0 N–H and O–H groups in total. The number of carbonyl (C=O) groups excluding carboxylic acids is 2. The highest BCUT2D eigenvalue weighted by atomic mass is 19.1. The minimum atomic E-state index is -0.319. The van der Waals surface area contributed by atoms with Gasteiger partial charge in [-0.25, -0.2) is 4.39 Å². The van der Waals surface area contributed by atoms with Gasteiger partial charge in [-0.1, -0.05) is 51.2 Å². The minimum absolute atomic E-state index is 0.00354. The summed E-state index contributed by atoms with van der Waals surface area (Å²) in [7, 11) is 0. The quantitative estimate of drug-likeness (QED) is 0.303. The van der Waals surface area contributed by atoms with Crippen molar-refractivity contribution >= 4 is 11.8 Å². The first-order valence-corrected chi connectivity index (χ1v) is 13.0. The number of hydrogen-bond acceptors (Lipinski definition) is 4. The van der Waals surface area contributed by atoms with E-state index in [1.54, 1.807) is 34.3 Å². The Balaban J connectivity index is 1.64. The van der Waals surface area contributed by atoms with Crippen LogP contribution in [0.3, 0.4) is 0 Å². The predicted molar refractivity (Wildman–Crippen MR) is 133 cm³/mol. The van der Waals surface area contributed by atoms with Crippen LogP contribution in [0, 0.1) is 5.82 Å². The maximum Gasteiger partial charge on any atom is 0.242 e. The summed E-state index contributed by atoms with van der Waals surface area (Å²) in [5, 5.41) is 0. The van der Waals surface area contributed by atoms with E-state index in [0.717, 1.165) is 37.7 Å². The van der Waals surface area contributed by atoms with E-state index >= 15 is 0 Å². The van der Waals surface area contributed by atoms with Gasteiger partial charge in [-0.2, -0.15) is 0 Å². The Bertz CT molecular complexity index is 879. The Morgan fingerprint density at radius 2 is 1.74 bits per heavy atom. The molecular weight excluding hydrogens is 447 g/mol. The molecule has 35 heavy (non-hydrogen) atoms. The van der Waals surface area contributed by atoms with Crippen LogP contribution in [0.1, 0.15) is 76.0 Å². The van der Waals surface area contributed by atoms with E-state index in [4.69, 9.17) is 9.15 Å². The molecule has 1 aliphatic heterocycles. The van der Waals surface area contributed by atoms with Crippen LogP contribution in [0.5, 0.6) is 0 Å². The van der Waals surface area contributed by atoms with E-state index in [1.165, 1.54) is 31.4 Å². The van der Waals surface area contributed by atoms with Crippen molar-refractivity contribution in [2.24, 2.45) is 0 Å². The van der Waals surface area contributed by atoms with E-state index in [2.05, 4.69) is 6.92 Å². The van der Waals surface area contributed by atoms with Gasteiger partial charge in [-0.05, 0) is 49.1 Å². The molecule has 7 heteroatoms. The molecule has 0 saturated carbocycles. The number of benzene rings is 1. The van der Waals surface area contributed by atoms with Crippen molar-refractivity contribution in [3.8, 4) is 0 Å². The molecule has 2 aromatic rings. The van der Waals surface area contributed by atoms with Crippen LogP contribution in [0.25, 0.3) is 0 Å². The summed E-state index contributed by atoms with van der Waals surface area (Å²) in [6, 6.07) is 9.72. The van der Waals surface area contributed by atoms with Gasteiger partial charge in [0.05, 0.1) is 25.5 Å². The van der Waals surface area contributed by atoms with Gasteiger partial charge in [0.15, 0.2) is 0 Å². The Hall–Kier alpha value is -2.67. The largest absolute Gasteiger partial charge is 0.467 e. The van der Waals surface area contributed by atoms with Crippen LogP contribution in [-0.2, 0) is 27.4 Å². The van der Waals surface area contributed by atoms with Crippen molar-refractivity contribution < 1.29 is 23.1 Å². The molecule has 2 heterocycles. The molecule has 1 saturated heterocycles. The third-order valence-electron chi connectivity index (χ3n) is 6.44. The second-order valence-electron chi connectivity index (χ2n) is 9.38. The van der Waals surface area contributed by atoms with Crippen molar-refractivity contribution in [2.45, 2.75) is 83.9 Å². The van der Waals surface area contributed by atoms with Gasteiger partial charge in [0.1, 0.15) is 11.6 Å². The first kappa shape index (κ1) is 26.9. The van der Waals surface area contributed by atoms with Crippen molar-refractivity contribution in [2.75, 3.05) is 19.7 Å². The van der Waals surface area contributed by atoms with E-state index in [1.807, 2.05) is 6.07 Å². The number of furan rings is 1. The molecule has 1 aromatic carbocycles. The van der Waals surface area contributed by atoms with Crippen molar-refractivity contribution in [1.82, 2.24) is 9.80 Å². The summed E-state index contributed by atoms with van der Waals surface area (Å²) in [4.78, 5) is 29.9. The monoisotopic (exact) mass is 486 g/mol. The molecule has 3 rings (SSSR count). The molecule has 0 radical (unpaired) electrons. The summed E-state index contributed by atoms with van der Waals surface area (Å²) in [5.41, 5.74) is 0.815. The standard InChI is InChI=1S/C28H39FN2O4/c1-2-3-4-5-6-7-12-27(32)31(21-26-11-9-18-35-26)22-28(33)30(20-25-10-8-17-34-25)19-23-13-15-24(29)16-14-23/h8,10,13-17,26H,2-7,9,11-12,18-22H2,1H3/t26-/m1/s1. The molecule has 6 nitrogen and oxygen atoms in total. The lowest BCUT2D eigenvalue weighted by atomic mass is 10.1. The number of carbonyl (C=O) groups is 2. The summed E-state index contributed by atoms with van der Waals surface area (Å²) in [6.07, 6.45) is 10.5. The van der Waals surface area contributed by atoms with Gasteiger partial charge >= 0.3 is 0 Å². The molecule has 0 aliphatic carbocycles. The zero-order valence-electron chi connectivity index (χ0n) is 20.9. The van der Waals surface area contributed by atoms with Gasteiger partial charge in [0.25, 0.3) is 0 Å². The third-order valence-corrected chi connectivity index (χ3v) is 6.44. The number of hydrogen-bond donors (Lipinski definition) is 0. The highest BCUT2D eigenvalue weighted by Crippen LogP contribution is 2.17. The molecule has 0 bridgehead atoms. The van der Waals surface area contributed by atoms with Crippen LogP contribution < -0.4 is 0 Å². The normalized spacial score (nSPS) is 15.3. The lowest BCUT2D eigenvalue weighted by molar-refractivity contribution is -0.142. The third kappa shape index (κ3) is 9.48. The minimum Gasteiger partial charge on any atom is -0.467 e. The van der Waals surface area contributed by atoms with Gasteiger partial charge in [0, 0.05) is 26.1 Å². The average molecular weight is 487 g/mol. The van der Waals surface area contributed by atoms with Crippen LogP contribution in [-0.4, -0.2) is 47.4 Å². The van der Waals surface area contributed by atoms with Gasteiger partial charge < -0.3 is 19.0 Å². The first-order valence-electron chi connectivity index (χ1n) is 13.0. The Morgan fingerprint density at radius 1 is 0.971 bits per heavy atom. The summed E-state index contributed by atoms with van der Waals surface area (Å²) in [6.45, 7) is 3.91. The molecule has 1 fully saturated rings. The highest BCUT2D eigenvalue weighted by Gasteiger charge is 2.26. The van der Waals surface area contributed by atoms with E-state index in [9.17, 15) is 14.0 Å². The molecular formula is C28H39FN2O4. The maximum atomic E-state index is 13.5. The Kier molecular flexibility index (Phi) is 11.3.